The minimum Gasteiger partial charge on any atom is -0.489 e. The Labute approximate surface area is 133 Å². The summed E-state index contributed by atoms with van der Waals surface area (Å²) in [5, 5.41) is 11.3. The molecule has 1 aromatic carbocycles. The molecule has 0 atom stereocenters. The van der Waals surface area contributed by atoms with Crippen LogP contribution in [0.1, 0.15) is 6.92 Å². The number of nitrogens with one attached hydrogen (secondary N) is 1. The Kier molecular flexibility index (Phi) is 5.27. The second-order valence-electron chi connectivity index (χ2n) is 4.77. The molecule has 7 nitrogen and oxygen atoms in total. The molecule has 0 aliphatic heterocycles. The number of amides is 1. The number of anilines is 1. The number of carbonyl (C=O) groups excluding carboxylic acids is 2. The summed E-state index contributed by atoms with van der Waals surface area (Å²) in [7, 11) is 0. The van der Waals surface area contributed by atoms with Crippen LogP contribution in [0, 0.1) is 0 Å². The van der Waals surface area contributed by atoms with Crippen LogP contribution in [0.2, 0.25) is 0 Å². The van der Waals surface area contributed by atoms with Crippen LogP contribution in [-0.4, -0.2) is 35.7 Å². The van der Waals surface area contributed by atoms with Crippen molar-refractivity contribution in [2.45, 2.75) is 6.92 Å². The SMILES string of the molecule is CC(=O)NC1=CC(=Nc2ccc(N)cc2)C(OCCO)=CC1=O. The number of carbonyl (C=O) groups is 2. The fourth-order valence-electron chi connectivity index (χ4n) is 1.88. The van der Waals surface area contributed by atoms with Crippen molar-refractivity contribution in [3.05, 3.63) is 47.9 Å². The van der Waals surface area contributed by atoms with Crippen LogP contribution in [0.4, 0.5) is 11.4 Å². The summed E-state index contributed by atoms with van der Waals surface area (Å²) in [6.07, 6.45) is 2.67. The van der Waals surface area contributed by atoms with E-state index in [1.165, 1.54) is 19.1 Å². The fourth-order valence-corrected chi connectivity index (χ4v) is 1.88. The van der Waals surface area contributed by atoms with E-state index in [0.717, 1.165) is 0 Å². The van der Waals surface area contributed by atoms with Gasteiger partial charge in [0.15, 0.2) is 0 Å². The van der Waals surface area contributed by atoms with Gasteiger partial charge in [0.1, 0.15) is 18.1 Å². The molecule has 120 valence electrons. The van der Waals surface area contributed by atoms with Crippen molar-refractivity contribution < 1.29 is 19.4 Å². The molecular formula is C16H17N3O4. The van der Waals surface area contributed by atoms with E-state index in [9.17, 15) is 9.59 Å². The van der Waals surface area contributed by atoms with Crippen molar-refractivity contribution in [3.8, 4) is 0 Å². The molecule has 23 heavy (non-hydrogen) atoms. The minimum absolute atomic E-state index is 0.0309. The van der Waals surface area contributed by atoms with Gasteiger partial charge in [-0.2, -0.15) is 0 Å². The first-order valence-electron chi connectivity index (χ1n) is 6.93. The van der Waals surface area contributed by atoms with Crippen LogP contribution in [-0.2, 0) is 14.3 Å². The summed E-state index contributed by atoms with van der Waals surface area (Å²) in [5.74, 6) is -0.524. The van der Waals surface area contributed by atoms with Crippen molar-refractivity contribution >= 4 is 28.8 Å². The van der Waals surface area contributed by atoms with Gasteiger partial charge in [0.25, 0.3) is 0 Å². The summed E-state index contributed by atoms with van der Waals surface area (Å²) < 4.78 is 5.34. The van der Waals surface area contributed by atoms with Gasteiger partial charge in [0, 0.05) is 18.7 Å². The predicted molar refractivity (Wildman–Crippen MR) is 86.0 cm³/mol. The van der Waals surface area contributed by atoms with Gasteiger partial charge >= 0.3 is 0 Å². The van der Waals surface area contributed by atoms with Crippen molar-refractivity contribution in [2.24, 2.45) is 4.99 Å². The molecule has 4 N–H and O–H groups in total. The smallest absolute Gasteiger partial charge is 0.221 e. The molecule has 2 rings (SSSR count). The van der Waals surface area contributed by atoms with E-state index in [-0.39, 0.29) is 30.6 Å². The number of ether oxygens (including phenoxy) is 1. The highest BCUT2D eigenvalue weighted by atomic mass is 16.5. The highest BCUT2D eigenvalue weighted by molar-refractivity contribution is 6.22. The lowest BCUT2D eigenvalue weighted by Crippen LogP contribution is -2.28. The molecule has 1 aliphatic carbocycles. The van der Waals surface area contributed by atoms with E-state index < -0.39 is 5.78 Å². The molecule has 0 saturated carbocycles. The zero-order chi connectivity index (χ0) is 16.8. The maximum absolute atomic E-state index is 12.0. The van der Waals surface area contributed by atoms with E-state index in [0.29, 0.717) is 17.1 Å². The lowest BCUT2D eigenvalue weighted by atomic mass is 10.1. The number of nitrogens with zero attached hydrogens (tertiary/aromatic N) is 1. The zero-order valence-corrected chi connectivity index (χ0v) is 12.6. The van der Waals surface area contributed by atoms with Crippen LogP contribution >= 0.6 is 0 Å². The van der Waals surface area contributed by atoms with E-state index in [1.54, 1.807) is 24.3 Å². The van der Waals surface area contributed by atoms with E-state index in [4.69, 9.17) is 15.6 Å². The number of aliphatic hydroxyl groups excluding tert-OH is 1. The number of allylic oxidation sites excluding steroid dienone is 2. The molecule has 0 saturated heterocycles. The van der Waals surface area contributed by atoms with Gasteiger partial charge in [-0.05, 0) is 30.3 Å². The monoisotopic (exact) mass is 315 g/mol. The number of ketones is 1. The Morgan fingerprint density at radius 3 is 2.61 bits per heavy atom. The molecule has 0 aromatic heterocycles. The quantitative estimate of drug-likeness (QED) is 0.550. The number of hydrogen-bond donors (Lipinski definition) is 3. The van der Waals surface area contributed by atoms with Gasteiger partial charge in [-0.25, -0.2) is 4.99 Å². The molecule has 1 amide bonds. The second-order valence-corrected chi connectivity index (χ2v) is 4.77. The minimum atomic E-state index is -0.399. The van der Waals surface area contributed by atoms with Crippen molar-refractivity contribution in [2.75, 3.05) is 18.9 Å². The van der Waals surface area contributed by atoms with Gasteiger partial charge < -0.3 is 20.9 Å². The first-order chi connectivity index (χ1) is 11.0. The van der Waals surface area contributed by atoms with Gasteiger partial charge in [-0.3, -0.25) is 9.59 Å². The molecule has 0 fully saturated rings. The van der Waals surface area contributed by atoms with Gasteiger partial charge in [0.05, 0.1) is 18.0 Å². The van der Waals surface area contributed by atoms with Crippen LogP contribution in [0.15, 0.2) is 52.9 Å². The standard InChI is InChI=1S/C16H17N3O4/c1-10(21)18-13-8-14(16(9-15(13)22)23-7-6-20)19-12-4-2-11(17)3-5-12/h2-5,8-9,20H,6-7,17H2,1H3,(H,18,21). The van der Waals surface area contributed by atoms with Crippen LogP contribution in [0.3, 0.4) is 0 Å². The van der Waals surface area contributed by atoms with Gasteiger partial charge in [-0.1, -0.05) is 0 Å². The number of rotatable bonds is 5. The average Bonchev–Trinajstić information content (AvgIpc) is 2.50. The van der Waals surface area contributed by atoms with Crippen molar-refractivity contribution in [1.82, 2.24) is 5.32 Å². The summed E-state index contributed by atoms with van der Waals surface area (Å²) >= 11 is 0. The molecule has 0 bridgehead atoms. The molecule has 0 spiro atoms. The third kappa shape index (κ3) is 4.52. The van der Waals surface area contributed by atoms with Crippen LogP contribution in [0.5, 0.6) is 0 Å². The molecule has 7 heteroatoms. The fraction of sp³-hybridized carbons (Fsp3) is 0.188. The second kappa shape index (κ2) is 7.37. The van der Waals surface area contributed by atoms with E-state index in [2.05, 4.69) is 10.3 Å². The Hall–Kier alpha value is -2.93. The Bertz CT molecular complexity index is 703. The van der Waals surface area contributed by atoms with Crippen LogP contribution < -0.4 is 11.1 Å². The lowest BCUT2D eigenvalue weighted by molar-refractivity contribution is -0.120. The molecule has 0 radical (unpaired) electrons. The summed E-state index contributed by atoms with van der Waals surface area (Å²) in [6.45, 7) is 1.15. The van der Waals surface area contributed by atoms with Crippen molar-refractivity contribution in [1.29, 1.82) is 0 Å². The maximum Gasteiger partial charge on any atom is 0.221 e. The highest BCUT2D eigenvalue weighted by Crippen LogP contribution is 2.20. The molecular weight excluding hydrogens is 298 g/mol. The third-order valence-corrected chi connectivity index (χ3v) is 2.86. The molecule has 0 unspecified atom stereocenters. The number of hydrogen-bond acceptors (Lipinski definition) is 6. The number of aliphatic hydroxyl groups is 1. The Balaban J connectivity index is 2.37. The summed E-state index contributed by atoms with van der Waals surface area (Å²) in [4.78, 5) is 27.5. The number of nitrogen functional groups attached to an aromatic ring is 1. The number of aliphatic imine (C=N–C) groups is 1. The van der Waals surface area contributed by atoms with Gasteiger partial charge in [0.2, 0.25) is 11.7 Å². The lowest BCUT2D eigenvalue weighted by Gasteiger charge is -2.16. The average molecular weight is 315 g/mol. The van der Waals surface area contributed by atoms with Crippen molar-refractivity contribution in [3.63, 3.8) is 0 Å². The zero-order valence-electron chi connectivity index (χ0n) is 12.6. The molecule has 0 heterocycles. The Morgan fingerprint density at radius 1 is 1.30 bits per heavy atom. The topological polar surface area (TPSA) is 114 Å². The first kappa shape index (κ1) is 16.4. The molecule has 1 aromatic rings. The summed E-state index contributed by atoms with van der Waals surface area (Å²) in [6, 6.07) is 6.83. The third-order valence-electron chi connectivity index (χ3n) is 2.86. The first-order valence-corrected chi connectivity index (χ1v) is 6.93. The maximum atomic E-state index is 12.0. The van der Waals surface area contributed by atoms with Crippen LogP contribution in [0.25, 0.3) is 0 Å². The predicted octanol–water partition coefficient (Wildman–Crippen LogP) is 0.837. The summed E-state index contributed by atoms with van der Waals surface area (Å²) in [5.41, 5.74) is 7.33. The molecule has 1 aliphatic rings. The number of nitrogens with two attached hydrogens (primary N) is 1. The largest absolute Gasteiger partial charge is 0.489 e. The Morgan fingerprint density at radius 2 is 2.00 bits per heavy atom. The van der Waals surface area contributed by atoms with E-state index >= 15 is 0 Å². The number of benzene rings is 1. The normalized spacial score (nSPS) is 15.9. The highest BCUT2D eigenvalue weighted by Gasteiger charge is 2.21. The van der Waals surface area contributed by atoms with E-state index in [1.807, 2.05) is 0 Å². The van der Waals surface area contributed by atoms with Gasteiger partial charge in [-0.15, -0.1) is 0 Å².